The highest BCUT2D eigenvalue weighted by molar-refractivity contribution is 5.98. The maximum atomic E-state index is 14.4. The Morgan fingerprint density at radius 2 is 1.89 bits per heavy atom. The number of rotatable bonds is 5. The number of para-hydroxylation sites is 1. The summed E-state index contributed by atoms with van der Waals surface area (Å²) in [4.78, 5) is 14.1. The zero-order valence-corrected chi connectivity index (χ0v) is 15.8. The minimum absolute atomic E-state index is 0.0180. The summed E-state index contributed by atoms with van der Waals surface area (Å²) in [6, 6.07) is 8.54. The summed E-state index contributed by atoms with van der Waals surface area (Å²) in [5.41, 5.74) is 0.392. The van der Waals surface area contributed by atoms with Crippen LogP contribution in [-0.4, -0.2) is 49.4 Å². The number of phenolic OH excluding ortho intramolecular Hbond substituents is 2. The lowest BCUT2D eigenvalue weighted by molar-refractivity contribution is 0.0792. The Hall–Kier alpha value is -3.42. The van der Waals surface area contributed by atoms with Gasteiger partial charge in [0.05, 0.1) is 16.8 Å². The highest BCUT2D eigenvalue weighted by Crippen LogP contribution is 2.36. The van der Waals surface area contributed by atoms with Crippen molar-refractivity contribution < 1.29 is 19.4 Å². The molecule has 2 aromatic carbocycles. The number of halogens is 1. The molecular weight excluding hydrogens is 363 g/mol. The molecule has 3 rings (SSSR count). The van der Waals surface area contributed by atoms with E-state index in [1.165, 1.54) is 21.6 Å². The second-order valence-electron chi connectivity index (χ2n) is 6.47. The van der Waals surface area contributed by atoms with E-state index in [9.17, 15) is 19.4 Å². The molecule has 0 atom stereocenters. The van der Waals surface area contributed by atoms with E-state index in [0.29, 0.717) is 12.4 Å². The number of benzene rings is 2. The molecular formula is C20H21FN4O3. The lowest BCUT2D eigenvalue weighted by atomic mass is 10.1. The second-order valence-corrected chi connectivity index (χ2v) is 6.47. The first kappa shape index (κ1) is 19.3. The van der Waals surface area contributed by atoms with Gasteiger partial charge in [-0.2, -0.15) is 0 Å². The number of phenols is 2. The number of carbonyl (C=O) groups is 1. The van der Waals surface area contributed by atoms with Crippen molar-refractivity contribution in [2.24, 2.45) is 0 Å². The Balaban J connectivity index is 2.17. The first-order chi connectivity index (χ1) is 13.3. The summed E-state index contributed by atoms with van der Waals surface area (Å²) >= 11 is 0. The quantitative estimate of drug-likeness (QED) is 0.704. The molecule has 0 aliphatic carbocycles. The van der Waals surface area contributed by atoms with E-state index in [-0.39, 0.29) is 34.1 Å². The Labute approximate surface area is 161 Å². The molecule has 1 amide bonds. The minimum atomic E-state index is -0.483. The molecule has 0 fully saturated rings. The Morgan fingerprint density at radius 3 is 2.57 bits per heavy atom. The van der Waals surface area contributed by atoms with Gasteiger partial charge in [-0.3, -0.25) is 9.36 Å². The fourth-order valence-corrected chi connectivity index (χ4v) is 3.03. The SMILES string of the molecule is CCCN(C)C(=O)c1cc(-c2nnc(C)n2-c2ccccc2F)c(O)cc1O. The lowest BCUT2D eigenvalue weighted by Gasteiger charge is -2.18. The smallest absolute Gasteiger partial charge is 0.257 e. The van der Waals surface area contributed by atoms with Crippen molar-refractivity contribution in [1.29, 1.82) is 0 Å². The van der Waals surface area contributed by atoms with Gasteiger partial charge >= 0.3 is 0 Å². The van der Waals surface area contributed by atoms with Crippen molar-refractivity contribution in [3.05, 3.63) is 53.6 Å². The van der Waals surface area contributed by atoms with E-state index in [1.807, 2.05) is 6.92 Å². The largest absolute Gasteiger partial charge is 0.507 e. The van der Waals surface area contributed by atoms with Gasteiger partial charge in [-0.05, 0) is 31.5 Å². The van der Waals surface area contributed by atoms with Gasteiger partial charge in [-0.25, -0.2) is 4.39 Å². The molecule has 0 saturated heterocycles. The Morgan fingerprint density at radius 1 is 1.18 bits per heavy atom. The molecule has 0 radical (unpaired) electrons. The molecule has 8 heteroatoms. The number of aromatic nitrogens is 3. The zero-order valence-electron chi connectivity index (χ0n) is 15.8. The molecule has 28 heavy (non-hydrogen) atoms. The number of carbonyl (C=O) groups excluding carboxylic acids is 1. The standard InChI is InChI=1S/C20H21FN4O3/c1-4-9-24(3)20(28)14-10-13(17(26)11-18(14)27)19-23-22-12(2)25(19)16-8-6-5-7-15(16)21/h5-8,10-11,26-27H,4,9H2,1-3H3. The molecule has 0 aliphatic heterocycles. The fourth-order valence-electron chi connectivity index (χ4n) is 3.03. The van der Waals surface area contributed by atoms with E-state index in [0.717, 1.165) is 12.5 Å². The monoisotopic (exact) mass is 384 g/mol. The van der Waals surface area contributed by atoms with Crippen molar-refractivity contribution >= 4 is 5.91 Å². The summed E-state index contributed by atoms with van der Waals surface area (Å²) in [5, 5.41) is 28.6. The molecule has 2 N–H and O–H groups in total. The maximum Gasteiger partial charge on any atom is 0.257 e. The zero-order chi connectivity index (χ0) is 20.4. The van der Waals surface area contributed by atoms with Crippen LogP contribution >= 0.6 is 0 Å². The van der Waals surface area contributed by atoms with Crippen LogP contribution in [0.2, 0.25) is 0 Å². The third kappa shape index (κ3) is 3.40. The highest BCUT2D eigenvalue weighted by atomic mass is 19.1. The van der Waals surface area contributed by atoms with Gasteiger partial charge in [0.15, 0.2) is 5.82 Å². The van der Waals surface area contributed by atoms with Crippen molar-refractivity contribution in [3.8, 4) is 28.6 Å². The molecule has 1 aromatic heterocycles. The molecule has 0 aliphatic rings. The van der Waals surface area contributed by atoms with Crippen molar-refractivity contribution in [2.45, 2.75) is 20.3 Å². The van der Waals surface area contributed by atoms with Crippen LogP contribution in [-0.2, 0) is 0 Å². The van der Waals surface area contributed by atoms with E-state index in [1.54, 1.807) is 32.2 Å². The van der Waals surface area contributed by atoms with Gasteiger partial charge in [-0.15, -0.1) is 10.2 Å². The van der Waals surface area contributed by atoms with Gasteiger partial charge < -0.3 is 15.1 Å². The van der Waals surface area contributed by atoms with Crippen molar-refractivity contribution in [2.75, 3.05) is 13.6 Å². The van der Waals surface area contributed by atoms with Crippen LogP contribution in [0.5, 0.6) is 11.5 Å². The van der Waals surface area contributed by atoms with Gasteiger partial charge in [0, 0.05) is 19.7 Å². The number of aromatic hydroxyl groups is 2. The van der Waals surface area contributed by atoms with Crippen molar-refractivity contribution in [1.82, 2.24) is 19.7 Å². The van der Waals surface area contributed by atoms with Gasteiger partial charge in [0.1, 0.15) is 23.1 Å². The summed E-state index contributed by atoms with van der Waals surface area (Å²) in [6.07, 6.45) is 0.759. The molecule has 146 valence electrons. The van der Waals surface area contributed by atoms with E-state index in [2.05, 4.69) is 10.2 Å². The molecule has 0 unspecified atom stereocenters. The summed E-state index contributed by atoms with van der Waals surface area (Å²) in [5.74, 6) is -0.950. The average Bonchev–Trinajstić information content (AvgIpc) is 3.03. The van der Waals surface area contributed by atoms with Crippen LogP contribution in [0.15, 0.2) is 36.4 Å². The molecule has 1 heterocycles. The topological polar surface area (TPSA) is 91.5 Å². The van der Waals surface area contributed by atoms with Crippen LogP contribution < -0.4 is 0 Å². The molecule has 0 saturated carbocycles. The van der Waals surface area contributed by atoms with E-state index >= 15 is 0 Å². The predicted molar refractivity (Wildman–Crippen MR) is 102 cm³/mol. The first-order valence-electron chi connectivity index (χ1n) is 8.83. The van der Waals surface area contributed by atoms with Crippen LogP contribution in [0.4, 0.5) is 4.39 Å². The third-order valence-corrected chi connectivity index (χ3v) is 4.41. The normalized spacial score (nSPS) is 10.9. The number of amides is 1. The highest BCUT2D eigenvalue weighted by Gasteiger charge is 2.23. The van der Waals surface area contributed by atoms with Crippen LogP contribution in [0.25, 0.3) is 17.1 Å². The second kappa shape index (κ2) is 7.67. The Bertz CT molecular complexity index is 1030. The Kier molecular flexibility index (Phi) is 5.30. The summed E-state index contributed by atoms with van der Waals surface area (Å²) in [7, 11) is 1.63. The number of nitrogens with zero attached hydrogens (tertiary/aromatic N) is 4. The van der Waals surface area contributed by atoms with Crippen LogP contribution in [0.3, 0.4) is 0 Å². The number of aryl methyl sites for hydroxylation is 1. The number of hydrogen-bond donors (Lipinski definition) is 2. The molecule has 7 nitrogen and oxygen atoms in total. The maximum absolute atomic E-state index is 14.4. The molecule has 0 spiro atoms. The predicted octanol–water partition coefficient (Wildman–Crippen LogP) is 3.28. The van der Waals surface area contributed by atoms with E-state index < -0.39 is 11.7 Å². The van der Waals surface area contributed by atoms with Gasteiger partial charge in [0.25, 0.3) is 5.91 Å². The lowest BCUT2D eigenvalue weighted by Crippen LogP contribution is -2.27. The number of hydrogen-bond acceptors (Lipinski definition) is 5. The molecule has 3 aromatic rings. The summed E-state index contributed by atoms with van der Waals surface area (Å²) < 4.78 is 15.8. The van der Waals surface area contributed by atoms with Crippen LogP contribution in [0.1, 0.15) is 29.5 Å². The summed E-state index contributed by atoms with van der Waals surface area (Å²) in [6.45, 7) is 4.10. The van der Waals surface area contributed by atoms with Crippen LogP contribution in [0, 0.1) is 12.7 Å². The third-order valence-electron chi connectivity index (χ3n) is 4.41. The first-order valence-corrected chi connectivity index (χ1v) is 8.83. The average molecular weight is 384 g/mol. The minimum Gasteiger partial charge on any atom is -0.507 e. The fraction of sp³-hybridized carbons (Fsp3) is 0.250. The van der Waals surface area contributed by atoms with Gasteiger partial charge in [-0.1, -0.05) is 19.1 Å². The molecule has 0 bridgehead atoms. The van der Waals surface area contributed by atoms with Gasteiger partial charge in [0.2, 0.25) is 0 Å². The van der Waals surface area contributed by atoms with E-state index in [4.69, 9.17) is 0 Å². The van der Waals surface area contributed by atoms with Crippen molar-refractivity contribution in [3.63, 3.8) is 0 Å².